The Hall–Kier alpha value is -0.220. The summed E-state index contributed by atoms with van der Waals surface area (Å²) in [6, 6.07) is 0. The van der Waals surface area contributed by atoms with E-state index in [1.165, 1.54) is 6.42 Å². The topological polar surface area (TPSA) is 33.6 Å². The third kappa shape index (κ3) is 4.16. The lowest BCUT2D eigenvalue weighted by molar-refractivity contribution is 0.0262. The molecule has 2 heterocycles. The predicted molar refractivity (Wildman–Crippen MR) is 79.3 cm³/mol. The van der Waals surface area contributed by atoms with Crippen molar-refractivity contribution in [3.8, 4) is 0 Å². The van der Waals surface area contributed by atoms with Gasteiger partial charge in [0.05, 0.1) is 6.54 Å². The number of aliphatic imine (C=N–C) groups is 1. The second kappa shape index (κ2) is 6.29. The van der Waals surface area contributed by atoms with Crippen LogP contribution in [0.2, 0.25) is 0 Å². The molecule has 0 saturated carbocycles. The number of nitrogens with one attached hydrogen (secondary N) is 1. The fourth-order valence-corrected chi connectivity index (χ4v) is 3.74. The predicted octanol–water partition coefficient (Wildman–Crippen LogP) is 2.91. The lowest BCUT2D eigenvalue weighted by atomic mass is 9.82. The number of rotatable bonds is 4. The van der Waals surface area contributed by atoms with Crippen molar-refractivity contribution < 1.29 is 4.74 Å². The van der Waals surface area contributed by atoms with E-state index in [-0.39, 0.29) is 0 Å². The van der Waals surface area contributed by atoms with Gasteiger partial charge in [0.1, 0.15) is 0 Å². The normalized spacial score (nSPS) is 27.3. The van der Waals surface area contributed by atoms with Crippen LogP contribution < -0.4 is 5.32 Å². The van der Waals surface area contributed by atoms with Crippen molar-refractivity contribution in [1.29, 1.82) is 0 Å². The molecule has 1 N–H and O–H groups in total. The molecule has 0 aromatic carbocycles. The van der Waals surface area contributed by atoms with Gasteiger partial charge in [-0.05, 0) is 30.6 Å². The van der Waals surface area contributed by atoms with E-state index < -0.39 is 0 Å². The van der Waals surface area contributed by atoms with Crippen molar-refractivity contribution in [2.24, 2.45) is 16.3 Å². The number of hydrogen-bond acceptors (Lipinski definition) is 4. The summed E-state index contributed by atoms with van der Waals surface area (Å²) in [4.78, 5) is 4.62. The minimum Gasteiger partial charge on any atom is -0.381 e. The zero-order chi connectivity index (χ0) is 13.0. The second-order valence-electron chi connectivity index (χ2n) is 6.29. The van der Waals surface area contributed by atoms with Gasteiger partial charge in [-0.3, -0.25) is 4.99 Å². The van der Waals surface area contributed by atoms with Crippen LogP contribution in [0.25, 0.3) is 0 Å². The molecule has 18 heavy (non-hydrogen) atoms. The van der Waals surface area contributed by atoms with Gasteiger partial charge in [-0.15, -0.1) is 0 Å². The minimum absolute atomic E-state index is 0.386. The molecule has 104 valence electrons. The third-order valence-corrected chi connectivity index (χ3v) is 4.99. The highest BCUT2D eigenvalue weighted by atomic mass is 32.2. The molecule has 1 unspecified atom stereocenters. The zero-order valence-electron chi connectivity index (χ0n) is 11.9. The first kappa shape index (κ1) is 14.2. The molecule has 0 bridgehead atoms. The van der Waals surface area contributed by atoms with Crippen LogP contribution in [0.5, 0.6) is 0 Å². The fraction of sp³-hybridized carbons (Fsp3) is 0.929. The molecule has 0 radical (unpaired) electrons. The van der Waals surface area contributed by atoms with E-state index in [1.54, 1.807) is 0 Å². The summed E-state index contributed by atoms with van der Waals surface area (Å²) in [7, 11) is 0. The van der Waals surface area contributed by atoms with Crippen LogP contribution in [0.3, 0.4) is 0 Å². The summed E-state index contributed by atoms with van der Waals surface area (Å²) in [5.41, 5.74) is 0.386. The smallest absolute Gasteiger partial charge is 0.156 e. The number of nitrogens with zero attached hydrogens (tertiary/aromatic N) is 1. The lowest BCUT2D eigenvalue weighted by Crippen LogP contribution is -2.38. The van der Waals surface area contributed by atoms with Gasteiger partial charge < -0.3 is 10.1 Å². The number of thioether (sulfide) groups is 1. The molecule has 0 aromatic heterocycles. The molecule has 2 rings (SSSR count). The Balaban J connectivity index is 1.71. The van der Waals surface area contributed by atoms with Gasteiger partial charge in [0.2, 0.25) is 0 Å². The Kier molecular flexibility index (Phi) is 4.96. The van der Waals surface area contributed by atoms with Crippen LogP contribution in [-0.2, 0) is 4.74 Å². The van der Waals surface area contributed by atoms with Gasteiger partial charge >= 0.3 is 0 Å². The van der Waals surface area contributed by atoms with Crippen molar-refractivity contribution in [2.75, 3.05) is 26.3 Å². The maximum Gasteiger partial charge on any atom is 0.156 e. The average molecular weight is 270 g/mol. The molecule has 1 atom stereocenters. The van der Waals surface area contributed by atoms with E-state index in [0.29, 0.717) is 10.7 Å². The third-order valence-electron chi connectivity index (χ3n) is 3.82. The fourth-order valence-electron chi connectivity index (χ4n) is 2.49. The Morgan fingerprint density at radius 1 is 1.44 bits per heavy atom. The molecule has 0 spiro atoms. The minimum atomic E-state index is 0.386. The molecular formula is C14H26N2OS. The van der Waals surface area contributed by atoms with Gasteiger partial charge in [-0.25, -0.2) is 0 Å². The van der Waals surface area contributed by atoms with E-state index in [4.69, 9.17) is 4.74 Å². The lowest BCUT2D eigenvalue weighted by Gasteiger charge is -2.33. The first-order chi connectivity index (χ1) is 8.57. The van der Waals surface area contributed by atoms with Crippen LogP contribution >= 0.6 is 11.8 Å². The molecule has 3 nitrogen and oxygen atoms in total. The van der Waals surface area contributed by atoms with E-state index in [2.05, 4.69) is 31.1 Å². The van der Waals surface area contributed by atoms with Crippen LogP contribution in [0.15, 0.2) is 4.99 Å². The van der Waals surface area contributed by atoms with Gasteiger partial charge in [-0.1, -0.05) is 32.5 Å². The van der Waals surface area contributed by atoms with E-state index in [9.17, 15) is 0 Å². The van der Waals surface area contributed by atoms with E-state index in [0.717, 1.165) is 50.2 Å². The van der Waals surface area contributed by atoms with Crippen LogP contribution in [-0.4, -0.2) is 36.7 Å². The largest absolute Gasteiger partial charge is 0.381 e. The van der Waals surface area contributed by atoms with Gasteiger partial charge in [-0.2, -0.15) is 0 Å². The van der Waals surface area contributed by atoms with Crippen LogP contribution in [0.4, 0.5) is 0 Å². The quantitative estimate of drug-likeness (QED) is 0.853. The highest BCUT2D eigenvalue weighted by Gasteiger charge is 2.28. The molecule has 0 amide bonds. The number of hydrogen-bond donors (Lipinski definition) is 1. The molecular weight excluding hydrogens is 244 g/mol. The summed E-state index contributed by atoms with van der Waals surface area (Å²) in [6.45, 7) is 10.8. The van der Waals surface area contributed by atoms with Crippen molar-refractivity contribution in [2.45, 2.75) is 45.3 Å². The molecule has 2 aliphatic rings. The molecule has 0 aliphatic carbocycles. The zero-order valence-corrected chi connectivity index (χ0v) is 12.7. The first-order valence-electron chi connectivity index (χ1n) is 7.10. The maximum atomic E-state index is 5.43. The monoisotopic (exact) mass is 270 g/mol. The highest BCUT2D eigenvalue weighted by molar-refractivity contribution is 8.14. The SMILES string of the molecule is CC(C)CC1CN=C(NCC2(C)CCOCC2)S1. The molecule has 2 aliphatic heterocycles. The van der Waals surface area contributed by atoms with Crippen molar-refractivity contribution in [1.82, 2.24) is 5.32 Å². The molecule has 0 aromatic rings. The second-order valence-corrected chi connectivity index (χ2v) is 7.58. The Labute approximate surface area is 115 Å². The Morgan fingerprint density at radius 2 is 2.17 bits per heavy atom. The maximum absolute atomic E-state index is 5.43. The summed E-state index contributed by atoms with van der Waals surface area (Å²) < 4.78 is 5.43. The van der Waals surface area contributed by atoms with Gasteiger partial charge in [0.15, 0.2) is 5.17 Å². The molecule has 1 fully saturated rings. The van der Waals surface area contributed by atoms with Crippen molar-refractivity contribution in [3.05, 3.63) is 0 Å². The Morgan fingerprint density at radius 3 is 2.83 bits per heavy atom. The molecule has 1 saturated heterocycles. The number of ether oxygens (including phenoxy) is 1. The highest BCUT2D eigenvalue weighted by Crippen LogP contribution is 2.30. The van der Waals surface area contributed by atoms with Crippen LogP contribution in [0, 0.1) is 11.3 Å². The number of amidine groups is 1. The molecule has 4 heteroatoms. The van der Waals surface area contributed by atoms with Crippen molar-refractivity contribution >= 4 is 16.9 Å². The van der Waals surface area contributed by atoms with Crippen molar-refractivity contribution in [3.63, 3.8) is 0 Å². The average Bonchev–Trinajstić information content (AvgIpc) is 2.74. The van der Waals surface area contributed by atoms with Gasteiger partial charge in [0, 0.05) is 25.0 Å². The van der Waals surface area contributed by atoms with E-state index >= 15 is 0 Å². The summed E-state index contributed by atoms with van der Waals surface area (Å²) in [5.74, 6) is 0.769. The van der Waals surface area contributed by atoms with Gasteiger partial charge in [0.25, 0.3) is 0 Å². The van der Waals surface area contributed by atoms with E-state index in [1.807, 2.05) is 11.8 Å². The summed E-state index contributed by atoms with van der Waals surface area (Å²) >= 11 is 1.93. The summed E-state index contributed by atoms with van der Waals surface area (Å²) in [5, 5.41) is 5.40. The first-order valence-corrected chi connectivity index (χ1v) is 7.98. The summed E-state index contributed by atoms with van der Waals surface area (Å²) in [6.07, 6.45) is 3.59. The Bertz CT molecular complexity index is 298. The van der Waals surface area contributed by atoms with Crippen LogP contribution in [0.1, 0.15) is 40.0 Å². The standard InChI is InChI=1S/C14H26N2OS/c1-11(2)8-12-9-15-13(18-12)16-10-14(3)4-6-17-7-5-14/h11-12H,4-10H2,1-3H3,(H,15,16).